The van der Waals surface area contributed by atoms with Crippen molar-refractivity contribution in [2.45, 2.75) is 50.8 Å². The van der Waals surface area contributed by atoms with Gasteiger partial charge in [-0.05, 0) is 74.0 Å². The predicted molar refractivity (Wildman–Crippen MR) is 70.5 cm³/mol. The van der Waals surface area contributed by atoms with E-state index in [4.69, 9.17) is 0 Å². The Kier molecular flexibility index (Phi) is 3.65. The Morgan fingerprint density at radius 2 is 1.30 bits per heavy atom. The Bertz CT molecular complexity index is 440. The summed E-state index contributed by atoms with van der Waals surface area (Å²) in [6.07, 6.45) is 3.08. The number of benzene rings is 1. The molecule has 0 unspecified atom stereocenters. The van der Waals surface area contributed by atoms with Crippen molar-refractivity contribution >= 4 is 0 Å². The van der Waals surface area contributed by atoms with Crippen molar-refractivity contribution < 1.29 is 17.9 Å². The third-order valence-corrected chi connectivity index (χ3v) is 4.65. The molecule has 4 heteroatoms. The predicted octanol–water partition coefficient (Wildman–Crippen LogP) is 5.27. The van der Waals surface area contributed by atoms with Gasteiger partial charge in [-0.15, -0.1) is 13.2 Å². The van der Waals surface area contributed by atoms with Gasteiger partial charge in [-0.3, -0.25) is 0 Å². The average molecular weight is 284 g/mol. The highest BCUT2D eigenvalue weighted by Gasteiger charge is 2.34. The summed E-state index contributed by atoms with van der Waals surface area (Å²) in [5.41, 5.74) is 1.15. The number of ether oxygens (including phenoxy) is 1. The number of hydrogen-bond donors (Lipinski definition) is 0. The summed E-state index contributed by atoms with van der Waals surface area (Å²) in [7, 11) is 0. The number of halogens is 3. The van der Waals surface area contributed by atoms with E-state index in [1.165, 1.54) is 50.7 Å². The molecular formula is C16H19F3O. The molecule has 2 fully saturated rings. The average Bonchev–Trinajstić information content (AvgIpc) is 3.22. The van der Waals surface area contributed by atoms with Crippen LogP contribution in [0.1, 0.15) is 50.0 Å². The van der Waals surface area contributed by atoms with Crippen molar-refractivity contribution in [3.05, 3.63) is 29.8 Å². The zero-order valence-corrected chi connectivity index (χ0v) is 11.3. The quantitative estimate of drug-likeness (QED) is 0.734. The molecule has 0 aliphatic heterocycles. The van der Waals surface area contributed by atoms with Crippen molar-refractivity contribution in [2.24, 2.45) is 11.8 Å². The largest absolute Gasteiger partial charge is 0.573 e. The number of alkyl halides is 3. The molecule has 2 aliphatic rings. The molecule has 0 saturated heterocycles. The van der Waals surface area contributed by atoms with Gasteiger partial charge in [0.1, 0.15) is 5.75 Å². The first-order chi connectivity index (χ1) is 9.51. The van der Waals surface area contributed by atoms with Gasteiger partial charge in [0.2, 0.25) is 0 Å². The second-order valence-electron chi connectivity index (χ2n) is 6.07. The van der Waals surface area contributed by atoms with Crippen molar-refractivity contribution in [1.29, 1.82) is 0 Å². The number of rotatable bonds is 3. The molecular weight excluding hydrogens is 265 g/mol. The lowest BCUT2D eigenvalue weighted by atomic mass is 9.77. The van der Waals surface area contributed by atoms with E-state index in [0.29, 0.717) is 5.92 Å². The normalized spacial score (nSPS) is 27.4. The maximum atomic E-state index is 12.1. The van der Waals surface area contributed by atoms with Crippen molar-refractivity contribution in [1.82, 2.24) is 0 Å². The topological polar surface area (TPSA) is 9.23 Å². The first-order valence-electron chi connectivity index (χ1n) is 7.37. The lowest BCUT2D eigenvalue weighted by molar-refractivity contribution is -0.274. The zero-order chi connectivity index (χ0) is 14.2. The summed E-state index contributed by atoms with van der Waals surface area (Å²) in [6.45, 7) is 0. The van der Waals surface area contributed by atoms with Gasteiger partial charge in [0.15, 0.2) is 0 Å². The summed E-state index contributed by atoms with van der Waals surface area (Å²) in [6, 6.07) is 6.41. The molecule has 1 aromatic carbocycles. The fraction of sp³-hybridized carbons (Fsp3) is 0.625. The molecule has 0 bridgehead atoms. The Balaban J connectivity index is 1.57. The Labute approximate surface area is 117 Å². The summed E-state index contributed by atoms with van der Waals surface area (Å²) in [4.78, 5) is 0. The smallest absolute Gasteiger partial charge is 0.406 e. The van der Waals surface area contributed by atoms with Gasteiger partial charge in [0, 0.05) is 0 Å². The van der Waals surface area contributed by atoms with E-state index in [-0.39, 0.29) is 5.75 Å². The van der Waals surface area contributed by atoms with E-state index >= 15 is 0 Å². The van der Waals surface area contributed by atoms with Crippen molar-refractivity contribution in [3.63, 3.8) is 0 Å². The van der Waals surface area contributed by atoms with E-state index in [1.54, 1.807) is 12.1 Å². The van der Waals surface area contributed by atoms with Crippen molar-refractivity contribution in [2.75, 3.05) is 0 Å². The Morgan fingerprint density at radius 3 is 1.75 bits per heavy atom. The maximum Gasteiger partial charge on any atom is 0.573 e. The molecule has 0 spiro atoms. The number of hydrogen-bond acceptors (Lipinski definition) is 1. The lowest BCUT2D eigenvalue weighted by Crippen LogP contribution is -2.17. The SMILES string of the molecule is FC(F)(F)Oc1ccc(C2CCC(C3CC3)CC2)cc1. The minimum Gasteiger partial charge on any atom is -0.406 e. The van der Waals surface area contributed by atoms with E-state index in [0.717, 1.165) is 17.4 Å². The molecule has 20 heavy (non-hydrogen) atoms. The van der Waals surface area contributed by atoms with E-state index < -0.39 is 6.36 Å². The standard InChI is InChI=1S/C16H19F3O/c17-16(18,19)20-15-9-7-14(8-10-15)13-5-3-12(4-6-13)11-1-2-11/h7-13H,1-6H2. The van der Waals surface area contributed by atoms with E-state index in [2.05, 4.69) is 4.74 Å². The van der Waals surface area contributed by atoms with Crippen LogP contribution in [0, 0.1) is 11.8 Å². The van der Waals surface area contributed by atoms with Crippen LogP contribution in [-0.2, 0) is 0 Å². The van der Waals surface area contributed by atoms with Crippen LogP contribution in [-0.4, -0.2) is 6.36 Å². The molecule has 0 radical (unpaired) electrons. The Morgan fingerprint density at radius 1 is 0.800 bits per heavy atom. The highest BCUT2D eigenvalue weighted by molar-refractivity contribution is 5.29. The van der Waals surface area contributed by atoms with Crippen LogP contribution < -0.4 is 4.74 Å². The second-order valence-corrected chi connectivity index (χ2v) is 6.07. The molecule has 0 atom stereocenters. The third-order valence-electron chi connectivity index (χ3n) is 4.65. The van der Waals surface area contributed by atoms with Crippen LogP contribution in [0.15, 0.2) is 24.3 Å². The maximum absolute atomic E-state index is 12.1. The molecule has 110 valence electrons. The molecule has 0 aromatic heterocycles. The zero-order valence-electron chi connectivity index (χ0n) is 11.3. The van der Waals surface area contributed by atoms with Crippen LogP contribution in [0.25, 0.3) is 0 Å². The fourth-order valence-corrected chi connectivity index (χ4v) is 3.43. The summed E-state index contributed by atoms with van der Waals surface area (Å²) in [5.74, 6) is 2.25. The fourth-order valence-electron chi connectivity index (χ4n) is 3.43. The first-order valence-corrected chi connectivity index (χ1v) is 7.37. The molecule has 0 N–H and O–H groups in total. The second kappa shape index (κ2) is 5.30. The highest BCUT2D eigenvalue weighted by Crippen LogP contribution is 2.47. The minimum atomic E-state index is -4.61. The van der Waals surface area contributed by atoms with Crippen LogP contribution in [0.2, 0.25) is 0 Å². The van der Waals surface area contributed by atoms with Gasteiger partial charge < -0.3 is 4.74 Å². The summed E-state index contributed by atoms with van der Waals surface area (Å²) in [5, 5.41) is 0. The van der Waals surface area contributed by atoms with Gasteiger partial charge in [0.05, 0.1) is 0 Å². The third kappa shape index (κ3) is 3.47. The minimum absolute atomic E-state index is 0.132. The van der Waals surface area contributed by atoms with E-state index in [9.17, 15) is 13.2 Å². The van der Waals surface area contributed by atoms with Gasteiger partial charge in [-0.2, -0.15) is 0 Å². The molecule has 3 rings (SSSR count). The van der Waals surface area contributed by atoms with Gasteiger partial charge in [-0.25, -0.2) is 0 Å². The van der Waals surface area contributed by atoms with Gasteiger partial charge in [0.25, 0.3) is 0 Å². The molecule has 0 heterocycles. The lowest BCUT2D eigenvalue weighted by Gasteiger charge is -2.28. The van der Waals surface area contributed by atoms with Crippen LogP contribution >= 0.6 is 0 Å². The van der Waals surface area contributed by atoms with E-state index in [1.807, 2.05) is 0 Å². The Hall–Kier alpha value is -1.19. The van der Waals surface area contributed by atoms with Gasteiger partial charge >= 0.3 is 6.36 Å². The summed E-state index contributed by atoms with van der Waals surface area (Å²) < 4.78 is 40.2. The molecule has 2 aliphatic carbocycles. The van der Waals surface area contributed by atoms with Crippen LogP contribution in [0.3, 0.4) is 0 Å². The van der Waals surface area contributed by atoms with Gasteiger partial charge in [-0.1, -0.05) is 12.1 Å². The van der Waals surface area contributed by atoms with Crippen LogP contribution in [0.5, 0.6) is 5.75 Å². The first kappa shape index (κ1) is 13.8. The molecule has 2 saturated carbocycles. The monoisotopic (exact) mass is 284 g/mol. The highest BCUT2D eigenvalue weighted by atomic mass is 19.4. The molecule has 0 amide bonds. The molecule has 1 nitrogen and oxygen atoms in total. The summed E-state index contributed by atoms with van der Waals surface area (Å²) >= 11 is 0. The van der Waals surface area contributed by atoms with Crippen molar-refractivity contribution in [3.8, 4) is 5.75 Å². The van der Waals surface area contributed by atoms with Crippen LogP contribution in [0.4, 0.5) is 13.2 Å². The molecule has 1 aromatic rings.